The fourth-order valence-electron chi connectivity index (χ4n) is 2.34. The summed E-state index contributed by atoms with van der Waals surface area (Å²) >= 11 is 0. The summed E-state index contributed by atoms with van der Waals surface area (Å²) in [6, 6.07) is 0.308. The molecule has 1 aromatic carbocycles. The van der Waals surface area contributed by atoms with E-state index in [1.54, 1.807) is 0 Å². The Bertz CT molecular complexity index is 577. The van der Waals surface area contributed by atoms with Crippen molar-refractivity contribution in [2.45, 2.75) is 52.4 Å². The first-order chi connectivity index (χ1) is 12.0. The average Bonchev–Trinajstić information content (AvgIpc) is 2.56. The summed E-state index contributed by atoms with van der Waals surface area (Å²) in [5.41, 5.74) is -1.05. The second-order valence-corrected chi connectivity index (χ2v) is 8.94. The van der Waals surface area contributed by atoms with E-state index in [2.05, 4.69) is 5.32 Å². The molecule has 0 saturated carbocycles. The van der Waals surface area contributed by atoms with Crippen molar-refractivity contribution in [1.29, 1.82) is 0 Å². The number of rotatable bonds is 10. The number of hydrogen-bond donors (Lipinski definition) is 1. The van der Waals surface area contributed by atoms with Crippen LogP contribution in [0.2, 0.25) is 6.04 Å². The van der Waals surface area contributed by atoms with E-state index in [4.69, 9.17) is 13.3 Å². The smallest absolute Gasteiger partial charge is 0.380 e. The molecule has 0 radical (unpaired) electrons. The number of nitrogens with one attached hydrogen (secondary N) is 1. The molecule has 26 heavy (non-hydrogen) atoms. The highest BCUT2D eigenvalue weighted by atomic mass is 28.4. The minimum absolute atomic E-state index is 0.0562. The van der Waals surface area contributed by atoms with Crippen LogP contribution in [0.15, 0.2) is 0 Å². The molecule has 0 unspecified atom stereocenters. The van der Waals surface area contributed by atoms with Crippen molar-refractivity contribution < 1.29 is 35.2 Å². The van der Waals surface area contributed by atoms with Gasteiger partial charge < -0.3 is 18.6 Å². The van der Waals surface area contributed by atoms with Gasteiger partial charge in [-0.1, -0.05) is 0 Å². The van der Waals surface area contributed by atoms with E-state index in [1.165, 1.54) is 7.11 Å². The fourth-order valence-corrected chi connectivity index (χ4v) is 5.07. The third kappa shape index (κ3) is 5.63. The first kappa shape index (κ1) is 22.8. The fraction of sp³-hybridized carbons (Fsp3) is 0.625. The molecule has 0 aromatic heterocycles. The third-order valence-corrected chi connectivity index (χ3v) is 6.56. The summed E-state index contributed by atoms with van der Waals surface area (Å²) in [5.74, 6) is -9.95. The normalized spacial score (nSPS) is 12.3. The van der Waals surface area contributed by atoms with Gasteiger partial charge in [0.2, 0.25) is 5.82 Å². The SMILES string of the molecule is CO[Si](CCCNc1c(F)c(F)c(F)c(F)c1F)(OC(C)C)OC(C)C. The molecule has 0 saturated heterocycles. The molecule has 4 nitrogen and oxygen atoms in total. The van der Waals surface area contributed by atoms with Gasteiger partial charge in [-0.05, 0) is 34.1 Å². The minimum Gasteiger partial charge on any atom is -0.380 e. The highest BCUT2D eigenvalue weighted by Gasteiger charge is 2.41. The van der Waals surface area contributed by atoms with Crippen molar-refractivity contribution in [3.05, 3.63) is 29.1 Å². The second-order valence-electron chi connectivity index (χ2n) is 6.20. The number of halogens is 5. The molecular formula is C16H24F5NO3Si. The van der Waals surface area contributed by atoms with Crippen LogP contribution >= 0.6 is 0 Å². The van der Waals surface area contributed by atoms with Gasteiger partial charge in [-0.3, -0.25) is 0 Å². The molecule has 0 aliphatic heterocycles. The Morgan fingerprint density at radius 1 is 0.808 bits per heavy atom. The zero-order chi connectivity index (χ0) is 20.1. The van der Waals surface area contributed by atoms with Crippen LogP contribution < -0.4 is 5.32 Å². The molecule has 0 atom stereocenters. The molecule has 1 aromatic rings. The summed E-state index contributed by atoms with van der Waals surface area (Å²) < 4.78 is 83.7. The molecule has 150 valence electrons. The molecule has 0 spiro atoms. The molecule has 1 rings (SSSR count). The molecule has 0 heterocycles. The largest absolute Gasteiger partial charge is 0.501 e. The van der Waals surface area contributed by atoms with Gasteiger partial charge in [-0.15, -0.1) is 0 Å². The van der Waals surface area contributed by atoms with Crippen molar-refractivity contribution in [3.63, 3.8) is 0 Å². The third-order valence-electron chi connectivity index (χ3n) is 3.31. The molecule has 0 aliphatic carbocycles. The molecule has 10 heteroatoms. The van der Waals surface area contributed by atoms with Gasteiger partial charge in [0.25, 0.3) is 0 Å². The maximum Gasteiger partial charge on any atom is 0.501 e. The summed E-state index contributed by atoms with van der Waals surface area (Å²) in [4.78, 5) is 0. The van der Waals surface area contributed by atoms with Crippen LogP contribution in [-0.4, -0.2) is 34.7 Å². The Morgan fingerprint density at radius 3 is 1.62 bits per heavy atom. The van der Waals surface area contributed by atoms with Crippen LogP contribution in [0, 0.1) is 29.1 Å². The maximum atomic E-state index is 13.6. The lowest BCUT2D eigenvalue weighted by Crippen LogP contribution is -2.48. The van der Waals surface area contributed by atoms with Crippen LogP contribution in [0.5, 0.6) is 0 Å². The Morgan fingerprint density at radius 2 is 1.23 bits per heavy atom. The topological polar surface area (TPSA) is 39.7 Å². The predicted molar refractivity (Wildman–Crippen MR) is 89.4 cm³/mol. The minimum atomic E-state index is -3.03. The van der Waals surface area contributed by atoms with Gasteiger partial charge in [-0.2, -0.15) is 0 Å². The van der Waals surface area contributed by atoms with E-state index in [9.17, 15) is 22.0 Å². The molecule has 0 fully saturated rings. The summed E-state index contributed by atoms with van der Waals surface area (Å²) in [6.07, 6.45) is -0.0501. The summed E-state index contributed by atoms with van der Waals surface area (Å²) in [5, 5.41) is 2.25. The summed E-state index contributed by atoms with van der Waals surface area (Å²) in [6.45, 7) is 7.21. The van der Waals surface area contributed by atoms with Crippen LogP contribution in [0.25, 0.3) is 0 Å². The molecular weight excluding hydrogens is 377 g/mol. The second kappa shape index (κ2) is 9.63. The van der Waals surface area contributed by atoms with Crippen molar-refractivity contribution in [1.82, 2.24) is 0 Å². The zero-order valence-corrected chi connectivity index (χ0v) is 16.4. The number of anilines is 1. The number of benzene rings is 1. The zero-order valence-electron chi connectivity index (χ0n) is 15.4. The Kier molecular flexibility index (Phi) is 8.45. The van der Waals surface area contributed by atoms with Gasteiger partial charge in [-0.25, -0.2) is 22.0 Å². The monoisotopic (exact) mass is 401 g/mol. The van der Waals surface area contributed by atoms with Gasteiger partial charge in [0.05, 0.1) is 0 Å². The van der Waals surface area contributed by atoms with Crippen molar-refractivity contribution in [2.75, 3.05) is 19.0 Å². The quantitative estimate of drug-likeness (QED) is 0.204. The Labute approximate surface area is 151 Å². The van der Waals surface area contributed by atoms with Crippen LogP contribution in [-0.2, 0) is 13.3 Å². The van der Waals surface area contributed by atoms with Gasteiger partial charge in [0, 0.05) is 31.9 Å². The number of hydrogen-bond acceptors (Lipinski definition) is 4. The lowest BCUT2D eigenvalue weighted by Gasteiger charge is -2.31. The summed E-state index contributed by atoms with van der Waals surface area (Å²) in [7, 11) is -1.57. The van der Waals surface area contributed by atoms with E-state index < -0.39 is 43.6 Å². The average molecular weight is 401 g/mol. The van der Waals surface area contributed by atoms with Crippen LogP contribution in [0.3, 0.4) is 0 Å². The lowest BCUT2D eigenvalue weighted by atomic mass is 10.2. The van der Waals surface area contributed by atoms with E-state index in [0.29, 0.717) is 6.04 Å². The van der Waals surface area contributed by atoms with E-state index in [0.717, 1.165) is 0 Å². The van der Waals surface area contributed by atoms with Crippen LogP contribution in [0.1, 0.15) is 34.1 Å². The molecule has 0 amide bonds. The van der Waals surface area contributed by atoms with Gasteiger partial charge in [0.1, 0.15) is 5.69 Å². The van der Waals surface area contributed by atoms with Gasteiger partial charge >= 0.3 is 8.80 Å². The molecule has 0 bridgehead atoms. The van der Waals surface area contributed by atoms with E-state index >= 15 is 0 Å². The maximum absolute atomic E-state index is 13.6. The molecule has 0 aliphatic rings. The first-order valence-electron chi connectivity index (χ1n) is 8.20. The van der Waals surface area contributed by atoms with E-state index in [-0.39, 0.29) is 25.2 Å². The predicted octanol–water partition coefficient (Wildman–Crippen LogP) is 4.62. The van der Waals surface area contributed by atoms with E-state index in [1.807, 2.05) is 27.7 Å². The van der Waals surface area contributed by atoms with Crippen LogP contribution in [0.4, 0.5) is 27.6 Å². The van der Waals surface area contributed by atoms with Crippen molar-refractivity contribution in [2.24, 2.45) is 0 Å². The Hall–Kier alpha value is -1.23. The molecule has 1 N–H and O–H groups in total. The highest BCUT2D eigenvalue weighted by molar-refractivity contribution is 6.60. The highest BCUT2D eigenvalue weighted by Crippen LogP contribution is 2.27. The standard InChI is InChI=1S/C16H24F5NO3Si/c1-9(2)24-26(23-5,25-10(3)4)8-6-7-22-16-14(20)12(18)11(17)13(19)15(16)21/h9-10,22H,6-8H2,1-5H3. The lowest BCUT2D eigenvalue weighted by molar-refractivity contribution is 0.0326. The van der Waals surface area contributed by atoms with Gasteiger partial charge in [0.15, 0.2) is 23.3 Å². The van der Waals surface area contributed by atoms with Crippen molar-refractivity contribution in [3.8, 4) is 0 Å². The Balaban J connectivity index is 2.81. The van der Waals surface area contributed by atoms with Crippen molar-refractivity contribution >= 4 is 14.5 Å². The first-order valence-corrected chi connectivity index (χ1v) is 10.1.